The highest BCUT2D eigenvalue weighted by molar-refractivity contribution is 7.89. The molecule has 1 aliphatic rings. The molecular formula is C31H39N5O5S. The lowest BCUT2D eigenvalue weighted by molar-refractivity contribution is 0.254. The molecule has 224 valence electrons. The van der Waals surface area contributed by atoms with Gasteiger partial charge in [0.15, 0.2) is 11.3 Å². The van der Waals surface area contributed by atoms with Crippen LogP contribution in [-0.4, -0.2) is 63.7 Å². The fourth-order valence-corrected chi connectivity index (χ4v) is 7.22. The van der Waals surface area contributed by atoms with Crippen LogP contribution in [-0.2, 0) is 16.4 Å². The first kappa shape index (κ1) is 29.9. The third-order valence-electron chi connectivity index (χ3n) is 7.91. The van der Waals surface area contributed by atoms with Gasteiger partial charge in [-0.2, -0.15) is 4.31 Å². The Morgan fingerprint density at radius 1 is 1.07 bits per heavy atom. The van der Waals surface area contributed by atoms with E-state index in [-0.39, 0.29) is 41.9 Å². The molecule has 11 heteroatoms. The van der Waals surface area contributed by atoms with Crippen molar-refractivity contribution >= 4 is 15.5 Å². The van der Waals surface area contributed by atoms with E-state index in [0.717, 1.165) is 37.1 Å². The molecule has 0 radical (unpaired) electrons. The number of aromatic nitrogens is 4. The largest absolute Gasteiger partial charge is 0.493 e. The lowest BCUT2D eigenvalue weighted by Crippen LogP contribution is -2.35. The Bertz CT molecular complexity index is 1680. The molecule has 2 aromatic heterocycles. The number of sulfonamides is 1. The summed E-state index contributed by atoms with van der Waals surface area (Å²) >= 11 is 0. The van der Waals surface area contributed by atoms with Crippen molar-refractivity contribution in [2.24, 2.45) is 0 Å². The van der Waals surface area contributed by atoms with Crippen LogP contribution in [0.2, 0.25) is 0 Å². The van der Waals surface area contributed by atoms with Crippen LogP contribution < -0.4 is 10.3 Å². The van der Waals surface area contributed by atoms with Crippen molar-refractivity contribution in [1.82, 2.24) is 23.9 Å². The number of hydrogen-bond acceptors (Lipinski definition) is 7. The Kier molecular flexibility index (Phi) is 9.40. The molecule has 10 nitrogen and oxygen atoms in total. The minimum absolute atomic E-state index is 0.0241. The highest BCUT2D eigenvalue weighted by atomic mass is 32.2. The second-order valence-corrected chi connectivity index (χ2v) is 12.7. The normalized spacial score (nSPS) is 14.9. The molecule has 0 unspecified atom stereocenters. The van der Waals surface area contributed by atoms with Crippen molar-refractivity contribution in [3.05, 3.63) is 76.0 Å². The maximum Gasteiger partial charge on any atom is 0.277 e. The second kappa shape index (κ2) is 13.2. The predicted octanol–water partition coefficient (Wildman–Crippen LogP) is 4.46. The molecule has 5 rings (SSSR count). The van der Waals surface area contributed by atoms with Gasteiger partial charge in [0.1, 0.15) is 11.6 Å². The molecular weight excluding hydrogens is 554 g/mol. The lowest BCUT2D eigenvalue weighted by Gasteiger charge is -2.22. The maximum atomic E-state index is 13.8. The van der Waals surface area contributed by atoms with Crippen LogP contribution in [0.4, 0.5) is 0 Å². The van der Waals surface area contributed by atoms with Gasteiger partial charge in [0.05, 0.1) is 29.4 Å². The fraction of sp³-hybridized carbons (Fsp3) is 0.452. The van der Waals surface area contributed by atoms with Gasteiger partial charge < -0.3 is 14.8 Å². The fourth-order valence-electron chi connectivity index (χ4n) is 5.76. The Balaban J connectivity index is 1.57. The zero-order valence-electron chi connectivity index (χ0n) is 24.3. The Labute approximate surface area is 246 Å². The van der Waals surface area contributed by atoms with Crippen LogP contribution in [0.25, 0.3) is 16.9 Å². The van der Waals surface area contributed by atoms with E-state index < -0.39 is 10.0 Å². The maximum absolute atomic E-state index is 13.8. The van der Waals surface area contributed by atoms with Gasteiger partial charge in [-0.05, 0) is 56.9 Å². The number of rotatable bonds is 11. The van der Waals surface area contributed by atoms with Gasteiger partial charge in [-0.25, -0.2) is 17.9 Å². The van der Waals surface area contributed by atoms with Crippen molar-refractivity contribution in [2.45, 2.75) is 69.6 Å². The smallest absolute Gasteiger partial charge is 0.277 e. The first-order valence-corrected chi connectivity index (χ1v) is 16.2. The van der Waals surface area contributed by atoms with Gasteiger partial charge in [0.25, 0.3) is 5.56 Å². The number of aromatic amines is 1. The van der Waals surface area contributed by atoms with Gasteiger partial charge in [0.2, 0.25) is 10.0 Å². The van der Waals surface area contributed by atoms with Crippen molar-refractivity contribution in [1.29, 1.82) is 0 Å². The highest BCUT2D eigenvalue weighted by Crippen LogP contribution is 2.34. The van der Waals surface area contributed by atoms with Crippen LogP contribution >= 0.6 is 0 Å². The molecule has 2 heterocycles. The number of aliphatic hydroxyl groups excluding tert-OH is 1. The van der Waals surface area contributed by atoms with E-state index >= 15 is 0 Å². The molecule has 1 saturated carbocycles. The topological polar surface area (TPSA) is 130 Å². The molecule has 0 bridgehead atoms. The summed E-state index contributed by atoms with van der Waals surface area (Å²) in [5.41, 5.74) is 2.04. The van der Waals surface area contributed by atoms with Gasteiger partial charge in [0, 0.05) is 19.0 Å². The number of nitrogens with zero attached hydrogens (tertiary/aromatic N) is 4. The Morgan fingerprint density at radius 2 is 1.81 bits per heavy atom. The first-order valence-electron chi connectivity index (χ1n) is 14.7. The van der Waals surface area contributed by atoms with E-state index in [9.17, 15) is 18.3 Å². The SMILES string of the molecule is CCOc1ccc(S(=O)(=O)N(CCO)CCc2ccccc2)cc1-c1nn2c(C3CCCCCC3)nc(C)c2c(=O)[nH]1. The number of ether oxygens (including phenoxy) is 1. The molecule has 4 aromatic rings. The zero-order chi connectivity index (χ0) is 29.7. The van der Waals surface area contributed by atoms with Crippen LogP contribution in [0.3, 0.4) is 0 Å². The van der Waals surface area contributed by atoms with E-state index in [2.05, 4.69) is 4.98 Å². The minimum Gasteiger partial charge on any atom is -0.493 e. The van der Waals surface area contributed by atoms with Crippen LogP contribution in [0, 0.1) is 6.92 Å². The van der Waals surface area contributed by atoms with E-state index in [1.165, 1.54) is 29.3 Å². The molecule has 1 fully saturated rings. The molecule has 2 aromatic carbocycles. The molecule has 0 saturated heterocycles. The Morgan fingerprint density at radius 3 is 2.50 bits per heavy atom. The summed E-state index contributed by atoms with van der Waals surface area (Å²) < 4.78 is 36.5. The Hall–Kier alpha value is -3.54. The summed E-state index contributed by atoms with van der Waals surface area (Å²) in [6.45, 7) is 3.84. The average molecular weight is 594 g/mol. The van der Waals surface area contributed by atoms with E-state index in [0.29, 0.717) is 35.6 Å². The first-order chi connectivity index (χ1) is 20.3. The predicted molar refractivity (Wildman–Crippen MR) is 161 cm³/mol. The number of fused-ring (bicyclic) bond motifs is 1. The van der Waals surface area contributed by atoms with Crippen molar-refractivity contribution in [3.8, 4) is 17.1 Å². The van der Waals surface area contributed by atoms with Crippen LogP contribution in [0.1, 0.15) is 68.4 Å². The molecule has 2 N–H and O–H groups in total. The van der Waals surface area contributed by atoms with Crippen LogP contribution in [0.5, 0.6) is 5.75 Å². The van der Waals surface area contributed by atoms with E-state index in [1.807, 2.05) is 44.2 Å². The highest BCUT2D eigenvalue weighted by Gasteiger charge is 2.27. The molecule has 42 heavy (non-hydrogen) atoms. The number of H-pyrrole nitrogens is 1. The van der Waals surface area contributed by atoms with E-state index in [4.69, 9.17) is 14.8 Å². The van der Waals surface area contributed by atoms with E-state index in [1.54, 1.807) is 10.6 Å². The third kappa shape index (κ3) is 6.28. The van der Waals surface area contributed by atoms with Crippen LogP contribution in [0.15, 0.2) is 58.2 Å². The number of imidazole rings is 1. The zero-order valence-corrected chi connectivity index (χ0v) is 25.1. The summed E-state index contributed by atoms with van der Waals surface area (Å²) in [5, 5.41) is 14.5. The molecule has 0 aliphatic heterocycles. The lowest BCUT2D eigenvalue weighted by atomic mass is 10.00. The molecule has 0 atom stereocenters. The number of benzene rings is 2. The third-order valence-corrected chi connectivity index (χ3v) is 9.80. The standard InChI is InChI=1S/C31H39N5O5S/c1-3-41-27-16-15-25(42(39,40)35(19-20-37)18-17-23-11-7-6-8-12-23)21-26(27)29-33-31(38)28-22(2)32-30(36(28)34-29)24-13-9-4-5-10-14-24/h6-8,11-12,15-16,21,24,37H,3-5,9-10,13-14,17-20H2,1-2H3,(H,33,34,38). The number of aliphatic hydroxyl groups is 1. The van der Waals surface area contributed by atoms with Gasteiger partial charge >= 0.3 is 0 Å². The summed E-state index contributed by atoms with van der Waals surface area (Å²) in [6.07, 6.45) is 7.08. The van der Waals surface area contributed by atoms with Gasteiger partial charge in [-0.1, -0.05) is 56.0 Å². The van der Waals surface area contributed by atoms with Gasteiger partial charge in [-0.3, -0.25) is 4.79 Å². The molecule has 1 aliphatic carbocycles. The van der Waals surface area contributed by atoms with Crippen molar-refractivity contribution in [2.75, 3.05) is 26.3 Å². The quantitative estimate of drug-likeness (QED) is 0.246. The molecule has 0 spiro atoms. The number of aryl methyl sites for hydroxylation is 1. The summed E-state index contributed by atoms with van der Waals surface area (Å²) in [6, 6.07) is 14.2. The number of hydrogen-bond donors (Lipinski definition) is 2. The van der Waals surface area contributed by atoms with Gasteiger partial charge in [-0.15, -0.1) is 5.10 Å². The minimum atomic E-state index is -3.99. The summed E-state index contributed by atoms with van der Waals surface area (Å²) in [5.74, 6) is 1.59. The van der Waals surface area contributed by atoms with Crippen molar-refractivity contribution < 1.29 is 18.3 Å². The number of nitrogens with one attached hydrogen (secondary N) is 1. The summed E-state index contributed by atoms with van der Waals surface area (Å²) in [7, 11) is -3.99. The van der Waals surface area contributed by atoms with Crippen molar-refractivity contribution in [3.63, 3.8) is 0 Å². The average Bonchev–Trinajstić information content (AvgIpc) is 3.13. The summed E-state index contributed by atoms with van der Waals surface area (Å²) in [4.78, 5) is 21.0. The second-order valence-electron chi connectivity index (χ2n) is 10.8. The molecule has 0 amide bonds. The monoisotopic (exact) mass is 593 g/mol.